The molecule has 0 aliphatic rings. The number of aryl methyl sites for hydroxylation is 1. The number of aromatic nitrogens is 1. The third-order valence-electron chi connectivity index (χ3n) is 3.07. The van der Waals surface area contributed by atoms with Crippen LogP contribution >= 0.6 is 11.8 Å². The highest BCUT2D eigenvalue weighted by molar-refractivity contribution is 7.98. The zero-order valence-electron chi connectivity index (χ0n) is 10.6. The Labute approximate surface area is 107 Å². The summed E-state index contributed by atoms with van der Waals surface area (Å²) in [7, 11) is 0. The van der Waals surface area contributed by atoms with Crippen molar-refractivity contribution in [3.8, 4) is 0 Å². The summed E-state index contributed by atoms with van der Waals surface area (Å²) in [5.41, 5.74) is 9.70. The fraction of sp³-hybridized carbons (Fsp3) is 0.429. The van der Waals surface area contributed by atoms with Gasteiger partial charge in [0.05, 0.1) is 0 Å². The Balaban J connectivity index is 2.49. The monoisotopic (exact) mass is 248 g/mol. The molecular formula is C14H20N2S. The van der Waals surface area contributed by atoms with E-state index in [9.17, 15) is 0 Å². The molecule has 0 fully saturated rings. The number of hydrogen-bond donors (Lipinski definition) is 1. The van der Waals surface area contributed by atoms with Crippen molar-refractivity contribution in [2.75, 3.05) is 5.75 Å². The van der Waals surface area contributed by atoms with Crippen molar-refractivity contribution < 1.29 is 0 Å². The lowest BCUT2D eigenvalue weighted by atomic mass is 10.1. The second kappa shape index (κ2) is 5.61. The van der Waals surface area contributed by atoms with Crippen molar-refractivity contribution in [2.45, 2.75) is 32.7 Å². The maximum absolute atomic E-state index is 5.72. The first kappa shape index (κ1) is 12.5. The molecule has 0 atom stereocenters. The lowest BCUT2D eigenvalue weighted by molar-refractivity contribution is 0.795. The highest BCUT2D eigenvalue weighted by atomic mass is 32.2. The van der Waals surface area contributed by atoms with Crippen LogP contribution in [0.4, 0.5) is 0 Å². The van der Waals surface area contributed by atoms with Gasteiger partial charge in [-0.15, -0.1) is 0 Å². The van der Waals surface area contributed by atoms with Gasteiger partial charge in [-0.2, -0.15) is 11.8 Å². The lowest BCUT2D eigenvalue weighted by Crippen LogP contribution is -1.96. The molecule has 0 unspecified atom stereocenters. The van der Waals surface area contributed by atoms with E-state index in [1.807, 2.05) is 11.8 Å². The van der Waals surface area contributed by atoms with E-state index in [1.165, 1.54) is 22.0 Å². The minimum Gasteiger partial charge on any atom is -0.347 e. The van der Waals surface area contributed by atoms with E-state index in [2.05, 4.69) is 42.8 Å². The van der Waals surface area contributed by atoms with Gasteiger partial charge in [0, 0.05) is 35.9 Å². The van der Waals surface area contributed by atoms with Gasteiger partial charge < -0.3 is 10.3 Å². The highest BCUT2D eigenvalue weighted by Gasteiger charge is 2.07. The van der Waals surface area contributed by atoms with Crippen molar-refractivity contribution in [1.82, 2.24) is 4.57 Å². The molecule has 0 spiro atoms. The standard InChI is InChI=1S/C14H20N2S/c1-3-16-9-12(10-17-4-2)13-7-11(8-15)5-6-14(13)16/h5-7,9H,3-4,8,10,15H2,1-2H3. The molecule has 2 N–H and O–H groups in total. The van der Waals surface area contributed by atoms with E-state index in [1.54, 1.807) is 0 Å². The maximum atomic E-state index is 5.72. The van der Waals surface area contributed by atoms with Gasteiger partial charge in [-0.3, -0.25) is 0 Å². The van der Waals surface area contributed by atoms with Crippen LogP contribution in [0.3, 0.4) is 0 Å². The van der Waals surface area contributed by atoms with Crippen LogP contribution < -0.4 is 5.73 Å². The molecule has 0 amide bonds. The van der Waals surface area contributed by atoms with E-state index in [4.69, 9.17) is 5.73 Å². The van der Waals surface area contributed by atoms with Crippen LogP contribution in [0.5, 0.6) is 0 Å². The molecule has 17 heavy (non-hydrogen) atoms. The van der Waals surface area contributed by atoms with Gasteiger partial charge in [-0.25, -0.2) is 0 Å². The summed E-state index contributed by atoms with van der Waals surface area (Å²) >= 11 is 1.97. The summed E-state index contributed by atoms with van der Waals surface area (Å²) in [5, 5.41) is 1.37. The maximum Gasteiger partial charge on any atom is 0.0483 e. The largest absolute Gasteiger partial charge is 0.347 e. The van der Waals surface area contributed by atoms with Gasteiger partial charge in [0.1, 0.15) is 0 Å². The third-order valence-corrected chi connectivity index (χ3v) is 3.99. The molecule has 0 saturated carbocycles. The number of nitrogens with two attached hydrogens (primary N) is 1. The Morgan fingerprint density at radius 2 is 2.12 bits per heavy atom. The second-order valence-corrected chi connectivity index (χ2v) is 5.41. The quantitative estimate of drug-likeness (QED) is 0.879. The van der Waals surface area contributed by atoms with Gasteiger partial charge in [-0.1, -0.05) is 13.0 Å². The Morgan fingerprint density at radius 3 is 2.76 bits per heavy atom. The smallest absolute Gasteiger partial charge is 0.0483 e. The Hall–Kier alpha value is -0.930. The average Bonchev–Trinajstić information content (AvgIpc) is 2.73. The van der Waals surface area contributed by atoms with Crippen LogP contribution in [0.15, 0.2) is 24.4 Å². The number of hydrogen-bond acceptors (Lipinski definition) is 2. The van der Waals surface area contributed by atoms with Crippen molar-refractivity contribution in [1.29, 1.82) is 0 Å². The average molecular weight is 248 g/mol. The molecule has 0 aliphatic heterocycles. The molecule has 1 heterocycles. The molecule has 0 bridgehead atoms. The summed E-state index contributed by atoms with van der Waals surface area (Å²) in [6, 6.07) is 6.57. The molecule has 2 rings (SSSR count). The third kappa shape index (κ3) is 2.50. The second-order valence-electron chi connectivity index (χ2n) is 4.13. The van der Waals surface area contributed by atoms with E-state index in [0.29, 0.717) is 6.54 Å². The van der Waals surface area contributed by atoms with Crippen LogP contribution in [-0.2, 0) is 18.8 Å². The van der Waals surface area contributed by atoms with Crippen molar-refractivity contribution in [2.24, 2.45) is 5.73 Å². The van der Waals surface area contributed by atoms with Gasteiger partial charge in [0.15, 0.2) is 0 Å². The topological polar surface area (TPSA) is 30.9 Å². The zero-order chi connectivity index (χ0) is 12.3. The first-order valence-electron chi connectivity index (χ1n) is 6.18. The number of thioether (sulfide) groups is 1. The number of benzene rings is 1. The fourth-order valence-electron chi connectivity index (χ4n) is 2.13. The lowest BCUT2D eigenvalue weighted by Gasteiger charge is -2.02. The SMILES string of the molecule is CCSCc1cn(CC)c2ccc(CN)cc12. The van der Waals surface area contributed by atoms with Crippen molar-refractivity contribution >= 4 is 22.7 Å². The highest BCUT2D eigenvalue weighted by Crippen LogP contribution is 2.26. The van der Waals surface area contributed by atoms with E-state index in [0.717, 1.165) is 18.1 Å². The summed E-state index contributed by atoms with van der Waals surface area (Å²) in [4.78, 5) is 0. The van der Waals surface area contributed by atoms with Crippen LogP contribution in [0.2, 0.25) is 0 Å². The molecule has 92 valence electrons. The van der Waals surface area contributed by atoms with Crippen LogP contribution in [-0.4, -0.2) is 10.3 Å². The van der Waals surface area contributed by atoms with Gasteiger partial charge in [0.2, 0.25) is 0 Å². The molecule has 0 saturated heterocycles. The van der Waals surface area contributed by atoms with Crippen molar-refractivity contribution in [3.05, 3.63) is 35.5 Å². The van der Waals surface area contributed by atoms with E-state index >= 15 is 0 Å². The molecule has 3 heteroatoms. The summed E-state index contributed by atoms with van der Waals surface area (Å²) in [5.74, 6) is 2.25. The molecule has 0 radical (unpaired) electrons. The first-order chi connectivity index (χ1) is 8.30. The Morgan fingerprint density at radius 1 is 1.29 bits per heavy atom. The molecule has 2 aromatic rings. The van der Waals surface area contributed by atoms with Crippen LogP contribution in [0, 0.1) is 0 Å². The van der Waals surface area contributed by atoms with E-state index in [-0.39, 0.29) is 0 Å². The number of rotatable bonds is 5. The van der Waals surface area contributed by atoms with Gasteiger partial charge in [-0.05, 0) is 35.9 Å². The van der Waals surface area contributed by atoms with Crippen molar-refractivity contribution in [3.63, 3.8) is 0 Å². The molecule has 0 aliphatic carbocycles. The molecule has 2 nitrogen and oxygen atoms in total. The van der Waals surface area contributed by atoms with E-state index < -0.39 is 0 Å². The predicted octanol–water partition coefficient (Wildman–Crippen LogP) is 3.37. The van der Waals surface area contributed by atoms with Crippen LogP contribution in [0.1, 0.15) is 25.0 Å². The number of fused-ring (bicyclic) bond motifs is 1. The molecular weight excluding hydrogens is 228 g/mol. The summed E-state index contributed by atoms with van der Waals surface area (Å²) < 4.78 is 2.32. The minimum absolute atomic E-state index is 0.619. The Bertz CT molecular complexity index is 502. The van der Waals surface area contributed by atoms with Gasteiger partial charge in [0.25, 0.3) is 0 Å². The fourth-order valence-corrected chi connectivity index (χ4v) is 2.79. The normalized spacial score (nSPS) is 11.2. The molecule has 1 aromatic heterocycles. The first-order valence-corrected chi connectivity index (χ1v) is 7.34. The number of nitrogens with zero attached hydrogens (tertiary/aromatic N) is 1. The minimum atomic E-state index is 0.619. The molecule has 1 aromatic carbocycles. The van der Waals surface area contributed by atoms with Crippen LogP contribution in [0.25, 0.3) is 10.9 Å². The Kier molecular flexibility index (Phi) is 4.13. The predicted molar refractivity (Wildman–Crippen MR) is 77.3 cm³/mol. The van der Waals surface area contributed by atoms with Gasteiger partial charge >= 0.3 is 0 Å². The summed E-state index contributed by atoms with van der Waals surface area (Å²) in [6.45, 7) is 6.03. The summed E-state index contributed by atoms with van der Waals surface area (Å²) in [6.07, 6.45) is 2.29. The zero-order valence-corrected chi connectivity index (χ0v) is 11.4.